The number of aliphatic hydroxyl groups is 1. The first-order chi connectivity index (χ1) is 5.83. The molecule has 12 heavy (non-hydrogen) atoms. The summed E-state index contributed by atoms with van der Waals surface area (Å²) in [5, 5.41) is 10.0. The first-order valence-corrected chi connectivity index (χ1v) is 6.27. The minimum atomic E-state index is -0.307. The maximum Gasteiger partial charge on any atom is 0.0765 e. The molecule has 1 fully saturated rings. The summed E-state index contributed by atoms with van der Waals surface area (Å²) in [6, 6.07) is 0. The van der Waals surface area contributed by atoms with E-state index in [1.165, 1.54) is 32.1 Å². The summed E-state index contributed by atoms with van der Waals surface area (Å²) >= 11 is 7.40. The van der Waals surface area contributed by atoms with Crippen LogP contribution in [0.1, 0.15) is 32.1 Å². The maximum absolute atomic E-state index is 9.24. The second kappa shape index (κ2) is 6.11. The van der Waals surface area contributed by atoms with Gasteiger partial charge in [0.25, 0.3) is 0 Å². The molecule has 0 heterocycles. The summed E-state index contributed by atoms with van der Waals surface area (Å²) in [5.41, 5.74) is 0. The van der Waals surface area contributed by atoms with E-state index in [1.807, 2.05) is 11.8 Å². The Morgan fingerprint density at radius 2 is 2.00 bits per heavy atom. The Labute approximate surface area is 83.9 Å². The number of halogens is 1. The monoisotopic (exact) mass is 208 g/mol. The van der Waals surface area contributed by atoms with Crippen molar-refractivity contribution in [1.82, 2.24) is 0 Å². The van der Waals surface area contributed by atoms with Crippen LogP contribution in [-0.4, -0.2) is 28.1 Å². The minimum absolute atomic E-state index is 0.307. The van der Waals surface area contributed by atoms with E-state index in [0.717, 1.165) is 11.0 Å². The van der Waals surface area contributed by atoms with E-state index in [1.54, 1.807) is 0 Å². The first kappa shape index (κ1) is 10.7. The maximum atomic E-state index is 9.24. The average Bonchev–Trinajstić information content (AvgIpc) is 2.16. The van der Waals surface area contributed by atoms with Crippen molar-refractivity contribution in [2.75, 3.05) is 11.6 Å². The average molecular weight is 209 g/mol. The van der Waals surface area contributed by atoms with Crippen molar-refractivity contribution in [2.24, 2.45) is 0 Å². The molecule has 3 heteroatoms. The van der Waals surface area contributed by atoms with E-state index in [0.29, 0.717) is 5.88 Å². The zero-order valence-electron chi connectivity index (χ0n) is 7.34. The Balaban J connectivity index is 2.05. The molecule has 0 aliphatic heterocycles. The second-order valence-corrected chi connectivity index (χ2v) is 5.04. The van der Waals surface area contributed by atoms with Gasteiger partial charge in [-0.15, -0.1) is 11.6 Å². The van der Waals surface area contributed by atoms with E-state index in [-0.39, 0.29) is 6.10 Å². The highest BCUT2D eigenvalue weighted by Crippen LogP contribution is 2.28. The lowest BCUT2D eigenvalue weighted by molar-refractivity contribution is 0.223. The van der Waals surface area contributed by atoms with Crippen LogP contribution in [0.2, 0.25) is 0 Å². The predicted octanol–water partition coefficient (Wildman–Crippen LogP) is 2.65. The molecule has 0 aromatic rings. The molecule has 1 N–H and O–H groups in total. The smallest absolute Gasteiger partial charge is 0.0765 e. The van der Waals surface area contributed by atoms with Gasteiger partial charge in [-0.1, -0.05) is 19.3 Å². The molecule has 1 unspecified atom stereocenters. The van der Waals surface area contributed by atoms with Crippen LogP contribution in [0, 0.1) is 0 Å². The normalized spacial score (nSPS) is 22.5. The lowest BCUT2D eigenvalue weighted by atomic mass is 10.0. The van der Waals surface area contributed by atoms with Crippen LogP contribution >= 0.6 is 23.4 Å². The molecule has 0 radical (unpaired) electrons. The molecule has 0 spiro atoms. The van der Waals surface area contributed by atoms with Crippen LogP contribution < -0.4 is 0 Å². The summed E-state index contributed by atoms with van der Waals surface area (Å²) < 4.78 is 0. The molecule has 0 bridgehead atoms. The van der Waals surface area contributed by atoms with Crippen molar-refractivity contribution in [3.05, 3.63) is 0 Å². The first-order valence-electron chi connectivity index (χ1n) is 4.68. The number of hydrogen-bond acceptors (Lipinski definition) is 2. The molecule has 72 valence electrons. The van der Waals surface area contributed by atoms with Gasteiger partial charge >= 0.3 is 0 Å². The molecule has 0 saturated heterocycles. The third kappa shape index (κ3) is 4.01. The highest BCUT2D eigenvalue weighted by molar-refractivity contribution is 7.99. The van der Waals surface area contributed by atoms with Crippen LogP contribution in [0.4, 0.5) is 0 Å². The van der Waals surface area contributed by atoms with Gasteiger partial charge in [-0.05, 0) is 12.8 Å². The van der Waals surface area contributed by atoms with E-state index < -0.39 is 0 Å². The Morgan fingerprint density at radius 1 is 1.33 bits per heavy atom. The van der Waals surface area contributed by atoms with E-state index >= 15 is 0 Å². The van der Waals surface area contributed by atoms with Crippen molar-refractivity contribution in [3.8, 4) is 0 Å². The van der Waals surface area contributed by atoms with Gasteiger partial charge in [-0.2, -0.15) is 11.8 Å². The standard InChI is InChI=1S/C9H17ClOS/c10-6-8(11)7-12-9-4-2-1-3-5-9/h8-9,11H,1-7H2. The van der Waals surface area contributed by atoms with Crippen LogP contribution in [0.15, 0.2) is 0 Å². The van der Waals surface area contributed by atoms with Gasteiger partial charge in [0.15, 0.2) is 0 Å². The molecule has 0 amide bonds. The van der Waals surface area contributed by atoms with Gasteiger partial charge in [0.1, 0.15) is 0 Å². The van der Waals surface area contributed by atoms with Crippen LogP contribution in [0.3, 0.4) is 0 Å². The Morgan fingerprint density at radius 3 is 2.58 bits per heavy atom. The molecular weight excluding hydrogens is 192 g/mol. The van der Waals surface area contributed by atoms with Crippen molar-refractivity contribution >= 4 is 23.4 Å². The van der Waals surface area contributed by atoms with E-state index in [4.69, 9.17) is 11.6 Å². The molecule has 1 atom stereocenters. The van der Waals surface area contributed by atoms with Crippen molar-refractivity contribution in [3.63, 3.8) is 0 Å². The highest BCUT2D eigenvalue weighted by Gasteiger charge is 2.14. The Hall–Kier alpha value is 0.600. The quantitative estimate of drug-likeness (QED) is 0.717. The fraction of sp³-hybridized carbons (Fsp3) is 1.00. The molecule has 1 nitrogen and oxygen atoms in total. The summed E-state index contributed by atoms with van der Waals surface area (Å²) in [6.07, 6.45) is 6.50. The number of alkyl halides is 1. The topological polar surface area (TPSA) is 20.2 Å². The molecule has 1 rings (SSSR count). The predicted molar refractivity (Wildman–Crippen MR) is 56.1 cm³/mol. The fourth-order valence-corrected chi connectivity index (χ4v) is 3.04. The van der Waals surface area contributed by atoms with Gasteiger partial charge in [0, 0.05) is 16.9 Å². The number of hydrogen-bond donors (Lipinski definition) is 1. The van der Waals surface area contributed by atoms with Gasteiger partial charge in [-0.25, -0.2) is 0 Å². The van der Waals surface area contributed by atoms with E-state index in [9.17, 15) is 5.11 Å². The number of rotatable bonds is 4. The third-order valence-electron chi connectivity index (χ3n) is 2.25. The zero-order chi connectivity index (χ0) is 8.81. The van der Waals surface area contributed by atoms with Gasteiger partial charge in [0.2, 0.25) is 0 Å². The number of thioether (sulfide) groups is 1. The third-order valence-corrected chi connectivity index (χ3v) is 4.13. The zero-order valence-corrected chi connectivity index (χ0v) is 8.91. The van der Waals surface area contributed by atoms with Crippen molar-refractivity contribution in [2.45, 2.75) is 43.5 Å². The summed E-state index contributed by atoms with van der Waals surface area (Å²) in [4.78, 5) is 0. The summed E-state index contributed by atoms with van der Waals surface area (Å²) in [6.45, 7) is 0. The minimum Gasteiger partial charge on any atom is -0.391 e. The Bertz CT molecular complexity index is 115. The van der Waals surface area contributed by atoms with Gasteiger partial charge in [-0.3, -0.25) is 0 Å². The van der Waals surface area contributed by atoms with Crippen LogP contribution in [-0.2, 0) is 0 Å². The molecule has 1 aliphatic rings. The van der Waals surface area contributed by atoms with Crippen molar-refractivity contribution in [1.29, 1.82) is 0 Å². The van der Waals surface area contributed by atoms with Gasteiger partial charge < -0.3 is 5.11 Å². The molecular formula is C9H17ClOS. The lowest BCUT2D eigenvalue weighted by Gasteiger charge is -2.21. The summed E-state index contributed by atoms with van der Waals surface area (Å²) in [5.74, 6) is 1.19. The second-order valence-electron chi connectivity index (χ2n) is 3.40. The molecule has 0 aromatic heterocycles. The van der Waals surface area contributed by atoms with E-state index in [2.05, 4.69) is 0 Å². The largest absolute Gasteiger partial charge is 0.391 e. The van der Waals surface area contributed by atoms with Gasteiger partial charge in [0.05, 0.1) is 6.10 Å². The van der Waals surface area contributed by atoms with Crippen LogP contribution in [0.25, 0.3) is 0 Å². The molecule has 1 aliphatic carbocycles. The summed E-state index contributed by atoms with van der Waals surface area (Å²) in [7, 11) is 0. The SMILES string of the molecule is OC(CCl)CSC1CCCCC1. The Kier molecular flexibility index (Phi) is 5.44. The molecule has 1 saturated carbocycles. The fourth-order valence-electron chi connectivity index (χ4n) is 1.52. The molecule has 0 aromatic carbocycles. The number of aliphatic hydroxyl groups excluding tert-OH is 1. The van der Waals surface area contributed by atoms with Crippen LogP contribution in [0.5, 0.6) is 0 Å². The highest BCUT2D eigenvalue weighted by atomic mass is 35.5. The van der Waals surface area contributed by atoms with Crippen molar-refractivity contribution < 1.29 is 5.11 Å². The lowest BCUT2D eigenvalue weighted by Crippen LogP contribution is -2.16.